The SMILES string of the molecule is Cc1cc(Br)ccc1NC(=O)c1ccc(Cn2ccccc2=O)o1. The normalized spacial score (nSPS) is 10.6. The summed E-state index contributed by atoms with van der Waals surface area (Å²) in [5.74, 6) is 0.421. The van der Waals surface area contributed by atoms with Crippen molar-refractivity contribution in [3.8, 4) is 0 Å². The lowest BCUT2D eigenvalue weighted by Crippen LogP contribution is -2.18. The van der Waals surface area contributed by atoms with E-state index in [0.29, 0.717) is 5.76 Å². The minimum atomic E-state index is -0.327. The smallest absolute Gasteiger partial charge is 0.291 e. The van der Waals surface area contributed by atoms with Gasteiger partial charge in [0.25, 0.3) is 11.5 Å². The second-order valence-corrected chi connectivity index (χ2v) is 6.26. The van der Waals surface area contributed by atoms with Gasteiger partial charge in [-0.3, -0.25) is 9.59 Å². The van der Waals surface area contributed by atoms with Gasteiger partial charge in [-0.05, 0) is 48.9 Å². The summed E-state index contributed by atoms with van der Waals surface area (Å²) in [5.41, 5.74) is 1.55. The molecule has 6 heteroatoms. The molecule has 5 nitrogen and oxygen atoms in total. The highest BCUT2D eigenvalue weighted by atomic mass is 79.9. The average Bonchev–Trinajstić information content (AvgIpc) is 3.01. The number of carbonyl (C=O) groups excluding carboxylic acids is 1. The average molecular weight is 387 g/mol. The standard InChI is InChI=1S/C18H15BrN2O3/c1-12-10-13(19)5-7-15(12)20-18(23)16-8-6-14(24-16)11-21-9-3-2-4-17(21)22/h2-10H,11H2,1H3,(H,20,23). The zero-order valence-electron chi connectivity index (χ0n) is 13.0. The predicted molar refractivity (Wildman–Crippen MR) is 95.3 cm³/mol. The van der Waals surface area contributed by atoms with E-state index in [0.717, 1.165) is 15.7 Å². The maximum atomic E-state index is 12.3. The van der Waals surface area contributed by atoms with Crippen LogP contribution in [0.2, 0.25) is 0 Å². The predicted octanol–water partition coefficient (Wildman–Crippen LogP) is 3.81. The third-order valence-corrected chi connectivity index (χ3v) is 4.04. The van der Waals surface area contributed by atoms with Gasteiger partial charge in [0.1, 0.15) is 5.76 Å². The van der Waals surface area contributed by atoms with E-state index in [9.17, 15) is 9.59 Å². The van der Waals surface area contributed by atoms with E-state index in [1.165, 1.54) is 10.6 Å². The Morgan fingerprint density at radius 2 is 2.04 bits per heavy atom. The number of hydrogen-bond donors (Lipinski definition) is 1. The van der Waals surface area contributed by atoms with Gasteiger partial charge < -0.3 is 14.3 Å². The van der Waals surface area contributed by atoms with Gasteiger partial charge in [-0.2, -0.15) is 0 Å². The first-order valence-corrected chi connectivity index (χ1v) is 8.14. The molecular weight excluding hydrogens is 372 g/mol. The fourth-order valence-corrected chi connectivity index (χ4v) is 2.77. The van der Waals surface area contributed by atoms with Crippen LogP contribution in [-0.2, 0) is 6.54 Å². The number of hydrogen-bond acceptors (Lipinski definition) is 3. The summed E-state index contributed by atoms with van der Waals surface area (Å²) in [7, 11) is 0. The van der Waals surface area contributed by atoms with Crippen LogP contribution in [0.1, 0.15) is 21.9 Å². The van der Waals surface area contributed by atoms with E-state index in [1.54, 1.807) is 30.5 Å². The van der Waals surface area contributed by atoms with Crippen LogP contribution in [0.25, 0.3) is 0 Å². The molecule has 0 aliphatic heterocycles. The van der Waals surface area contributed by atoms with Crippen LogP contribution in [0.5, 0.6) is 0 Å². The zero-order chi connectivity index (χ0) is 17.1. The number of benzene rings is 1. The summed E-state index contributed by atoms with van der Waals surface area (Å²) in [5, 5.41) is 2.82. The Labute approximate surface area is 147 Å². The molecule has 0 radical (unpaired) electrons. The van der Waals surface area contributed by atoms with Gasteiger partial charge in [0.15, 0.2) is 5.76 Å². The van der Waals surface area contributed by atoms with Crippen molar-refractivity contribution in [1.29, 1.82) is 0 Å². The van der Waals surface area contributed by atoms with Crippen LogP contribution in [0.3, 0.4) is 0 Å². The quantitative estimate of drug-likeness (QED) is 0.741. The Morgan fingerprint density at radius 3 is 2.79 bits per heavy atom. The molecule has 0 saturated carbocycles. The molecule has 122 valence electrons. The molecule has 0 saturated heterocycles. The van der Waals surface area contributed by atoms with Crippen LogP contribution in [-0.4, -0.2) is 10.5 Å². The summed E-state index contributed by atoms with van der Waals surface area (Å²) in [6.45, 7) is 2.19. The Balaban J connectivity index is 1.74. The lowest BCUT2D eigenvalue weighted by atomic mass is 10.2. The maximum Gasteiger partial charge on any atom is 0.291 e. The molecule has 0 fully saturated rings. The van der Waals surface area contributed by atoms with Crippen molar-refractivity contribution in [1.82, 2.24) is 4.57 Å². The molecule has 0 unspecified atom stereocenters. The third-order valence-electron chi connectivity index (χ3n) is 3.55. The molecule has 1 N–H and O–H groups in total. The molecule has 3 aromatic rings. The van der Waals surface area contributed by atoms with Crippen molar-refractivity contribution in [3.05, 3.63) is 86.6 Å². The molecule has 0 aliphatic rings. The van der Waals surface area contributed by atoms with Crippen LogP contribution in [0.4, 0.5) is 5.69 Å². The van der Waals surface area contributed by atoms with Crippen molar-refractivity contribution < 1.29 is 9.21 Å². The van der Waals surface area contributed by atoms with Gasteiger partial charge >= 0.3 is 0 Å². The van der Waals surface area contributed by atoms with Gasteiger partial charge in [0, 0.05) is 22.4 Å². The number of nitrogens with one attached hydrogen (secondary N) is 1. The second-order valence-electron chi connectivity index (χ2n) is 5.35. The number of aryl methyl sites for hydroxylation is 1. The van der Waals surface area contributed by atoms with Crippen molar-refractivity contribution >= 4 is 27.5 Å². The zero-order valence-corrected chi connectivity index (χ0v) is 14.5. The molecule has 0 aliphatic carbocycles. The van der Waals surface area contributed by atoms with E-state index in [2.05, 4.69) is 21.2 Å². The Bertz CT molecular complexity index is 943. The summed E-state index contributed by atoms with van der Waals surface area (Å²) >= 11 is 3.39. The first kappa shape index (κ1) is 16.3. The largest absolute Gasteiger partial charge is 0.454 e. The van der Waals surface area contributed by atoms with Gasteiger partial charge in [0.2, 0.25) is 0 Å². The number of furan rings is 1. The number of anilines is 1. The number of halogens is 1. The Kier molecular flexibility index (Phi) is 4.66. The van der Waals surface area contributed by atoms with Gasteiger partial charge in [-0.1, -0.05) is 22.0 Å². The highest BCUT2D eigenvalue weighted by molar-refractivity contribution is 9.10. The number of rotatable bonds is 4. The number of aromatic nitrogens is 1. The van der Waals surface area contributed by atoms with Crippen molar-refractivity contribution in [2.75, 3.05) is 5.32 Å². The lowest BCUT2D eigenvalue weighted by molar-refractivity contribution is 0.0994. The second kappa shape index (κ2) is 6.88. The third kappa shape index (κ3) is 3.65. The molecule has 2 heterocycles. The Hall–Kier alpha value is -2.60. The molecule has 0 bridgehead atoms. The monoisotopic (exact) mass is 386 g/mol. The summed E-state index contributed by atoms with van der Waals surface area (Å²) in [6, 6.07) is 13.8. The summed E-state index contributed by atoms with van der Waals surface area (Å²) in [6.07, 6.45) is 1.68. The molecule has 1 amide bonds. The lowest BCUT2D eigenvalue weighted by Gasteiger charge is -2.07. The van der Waals surface area contributed by atoms with E-state index in [4.69, 9.17) is 4.42 Å². The molecule has 1 aromatic carbocycles. The number of amides is 1. The van der Waals surface area contributed by atoms with Crippen LogP contribution < -0.4 is 10.9 Å². The highest BCUT2D eigenvalue weighted by Crippen LogP contribution is 2.21. The first-order valence-electron chi connectivity index (χ1n) is 7.34. The van der Waals surface area contributed by atoms with Gasteiger partial charge in [0.05, 0.1) is 6.54 Å². The first-order chi connectivity index (χ1) is 11.5. The van der Waals surface area contributed by atoms with Crippen LogP contribution in [0, 0.1) is 6.92 Å². The minimum Gasteiger partial charge on any atom is -0.454 e. The van der Waals surface area contributed by atoms with E-state index in [1.807, 2.05) is 25.1 Å². The van der Waals surface area contributed by atoms with E-state index < -0.39 is 0 Å². The molecule has 2 aromatic heterocycles. The van der Waals surface area contributed by atoms with E-state index in [-0.39, 0.29) is 23.8 Å². The molecule has 0 atom stereocenters. The van der Waals surface area contributed by atoms with E-state index >= 15 is 0 Å². The Morgan fingerprint density at radius 1 is 1.21 bits per heavy atom. The number of pyridine rings is 1. The highest BCUT2D eigenvalue weighted by Gasteiger charge is 2.13. The number of carbonyl (C=O) groups is 1. The van der Waals surface area contributed by atoms with Gasteiger partial charge in [-0.25, -0.2) is 0 Å². The topological polar surface area (TPSA) is 64.2 Å². The molecule has 24 heavy (non-hydrogen) atoms. The van der Waals surface area contributed by atoms with Crippen LogP contribution >= 0.6 is 15.9 Å². The summed E-state index contributed by atoms with van der Waals surface area (Å²) in [4.78, 5) is 24.0. The summed E-state index contributed by atoms with van der Waals surface area (Å²) < 4.78 is 8.02. The minimum absolute atomic E-state index is 0.120. The van der Waals surface area contributed by atoms with Crippen molar-refractivity contribution in [2.45, 2.75) is 13.5 Å². The van der Waals surface area contributed by atoms with Crippen molar-refractivity contribution in [2.24, 2.45) is 0 Å². The fourth-order valence-electron chi connectivity index (χ4n) is 2.30. The fraction of sp³-hybridized carbons (Fsp3) is 0.111. The number of nitrogens with zero attached hydrogens (tertiary/aromatic N) is 1. The maximum absolute atomic E-state index is 12.3. The van der Waals surface area contributed by atoms with Gasteiger partial charge in [-0.15, -0.1) is 0 Å². The van der Waals surface area contributed by atoms with Crippen molar-refractivity contribution in [3.63, 3.8) is 0 Å². The molecule has 0 spiro atoms. The van der Waals surface area contributed by atoms with Crippen LogP contribution in [0.15, 0.2) is 68.4 Å². The molecule has 3 rings (SSSR count). The molecular formula is C18H15BrN2O3.